The molecule has 0 aliphatic carbocycles. The van der Waals surface area contributed by atoms with Crippen LogP contribution in [0.4, 0.5) is 5.69 Å². The predicted octanol–water partition coefficient (Wildman–Crippen LogP) is 3.61. The van der Waals surface area contributed by atoms with Crippen molar-refractivity contribution in [2.24, 2.45) is 11.7 Å². The lowest BCUT2D eigenvalue weighted by Crippen LogP contribution is -2.31. The minimum Gasteiger partial charge on any atom is -0.327 e. The number of anilines is 1. The van der Waals surface area contributed by atoms with Crippen LogP contribution in [-0.4, -0.2) is 11.9 Å². The van der Waals surface area contributed by atoms with Crippen molar-refractivity contribution in [3.63, 3.8) is 0 Å². The van der Waals surface area contributed by atoms with E-state index in [4.69, 9.17) is 28.9 Å². The van der Waals surface area contributed by atoms with Crippen molar-refractivity contribution in [2.45, 2.75) is 33.2 Å². The molecule has 3 nitrogen and oxygen atoms in total. The van der Waals surface area contributed by atoms with Gasteiger partial charge in [-0.1, -0.05) is 37.0 Å². The molecule has 0 heterocycles. The zero-order chi connectivity index (χ0) is 13.9. The lowest BCUT2D eigenvalue weighted by Gasteiger charge is -2.15. The maximum absolute atomic E-state index is 11.8. The molecule has 5 heteroatoms. The summed E-state index contributed by atoms with van der Waals surface area (Å²) in [5, 5.41) is 3.78. The van der Waals surface area contributed by atoms with Gasteiger partial charge < -0.3 is 11.1 Å². The molecule has 3 N–H and O–H groups in total. The average molecular weight is 289 g/mol. The summed E-state index contributed by atoms with van der Waals surface area (Å²) < 4.78 is 0. The van der Waals surface area contributed by atoms with Crippen LogP contribution in [0.15, 0.2) is 12.1 Å². The number of amides is 1. The molecule has 1 amide bonds. The molecule has 0 aliphatic rings. The highest BCUT2D eigenvalue weighted by Gasteiger charge is 2.14. The van der Waals surface area contributed by atoms with Crippen molar-refractivity contribution >= 4 is 34.8 Å². The Morgan fingerprint density at radius 1 is 1.33 bits per heavy atom. The van der Waals surface area contributed by atoms with E-state index in [9.17, 15) is 4.79 Å². The third-order valence-electron chi connectivity index (χ3n) is 2.80. The molecule has 0 aromatic heterocycles. The summed E-state index contributed by atoms with van der Waals surface area (Å²) in [5.74, 6) is 0.103. The highest BCUT2D eigenvalue weighted by atomic mass is 35.5. The molecule has 1 unspecified atom stereocenters. The minimum absolute atomic E-state index is 0.155. The van der Waals surface area contributed by atoms with Crippen LogP contribution in [0.25, 0.3) is 0 Å². The summed E-state index contributed by atoms with van der Waals surface area (Å²) in [6, 6.07) is 3.21. The fraction of sp³-hybridized carbons (Fsp3) is 0.462. The first-order valence-electron chi connectivity index (χ1n) is 5.82. The molecular formula is C13H18Cl2N2O. The van der Waals surface area contributed by atoms with Gasteiger partial charge in [0.05, 0.1) is 10.7 Å². The third-order valence-corrected chi connectivity index (χ3v) is 3.52. The van der Waals surface area contributed by atoms with Crippen LogP contribution in [-0.2, 0) is 4.79 Å². The standard InChI is InChI=1S/C13H18Cl2N2O/c1-7(2)11(16)6-13(18)17-12-5-9(14)8(3)4-10(12)15/h4-5,7,11H,6,16H2,1-3H3,(H,17,18). The summed E-state index contributed by atoms with van der Waals surface area (Å²) in [6.07, 6.45) is 0.263. The van der Waals surface area contributed by atoms with Gasteiger partial charge in [-0.2, -0.15) is 0 Å². The number of carbonyl (C=O) groups is 1. The van der Waals surface area contributed by atoms with Gasteiger partial charge in [-0.05, 0) is 30.5 Å². The van der Waals surface area contributed by atoms with Crippen LogP contribution in [0.5, 0.6) is 0 Å². The predicted molar refractivity (Wildman–Crippen MR) is 77.3 cm³/mol. The molecule has 0 saturated carbocycles. The second-order valence-corrected chi connectivity index (χ2v) is 5.56. The molecule has 0 radical (unpaired) electrons. The molecule has 0 spiro atoms. The van der Waals surface area contributed by atoms with E-state index in [1.54, 1.807) is 12.1 Å². The number of benzene rings is 1. The van der Waals surface area contributed by atoms with E-state index in [1.807, 2.05) is 20.8 Å². The summed E-state index contributed by atoms with van der Waals surface area (Å²) in [6.45, 7) is 5.82. The summed E-state index contributed by atoms with van der Waals surface area (Å²) in [4.78, 5) is 11.8. The molecule has 1 rings (SSSR count). The van der Waals surface area contributed by atoms with E-state index >= 15 is 0 Å². The van der Waals surface area contributed by atoms with Crippen molar-refractivity contribution < 1.29 is 4.79 Å². The van der Waals surface area contributed by atoms with Crippen LogP contribution in [0.3, 0.4) is 0 Å². The molecule has 18 heavy (non-hydrogen) atoms. The van der Waals surface area contributed by atoms with Gasteiger partial charge in [-0.25, -0.2) is 0 Å². The number of aryl methyl sites for hydroxylation is 1. The summed E-state index contributed by atoms with van der Waals surface area (Å²) >= 11 is 12.0. The number of halogens is 2. The molecular weight excluding hydrogens is 271 g/mol. The average Bonchev–Trinajstić information content (AvgIpc) is 2.25. The van der Waals surface area contributed by atoms with Gasteiger partial charge in [0.2, 0.25) is 5.91 Å². The molecule has 0 bridgehead atoms. The van der Waals surface area contributed by atoms with Gasteiger partial charge in [0.25, 0.3) is 0 Å². The number of hydrogen-bond donors (Lipinski definition) is 2. The molecule has 100 valence electrons. The summed E-state index contributed by atoms with van der Waals surface area (Å²) in [7, 11) is 0. The van der Waals surface area contributed by atoms with Gasteiger partial charge in [0.1, 0.15) is 0 Å². The van der Waals surface area contributed by atoms with E-state index in [0.29, 0.717) is 15.7 Å². The molecule has 1 aromatic rings. The van der Waals surface area contributed by atoms with Crippen LogP contribution < -0.4 is 11.1 Å². The quantitative estimate of drug-likeness (QED) is 0.889. The van der Waals surface area contributed by atoms with Crippen molar-refractivity contribution in [3.05, 3.63) is 27.7 Å². The zero-order valence-electron chi connectivity index (χ0n) is 10.8. The Morgan fingerprint density at radius 3 is 2.50 bits per heavy atom. The fourth-order valence-corrected chi connectivity index (χ4v) is 1.82. The highest BCUT2D eigenvalue weighted by molar-refractivity contribution is 6.36. The van der Waals surface area contributed by atoms with Crippen LogP contribution in [0, 0.1) is 12.8 Å². The van der Waals surface area contributed by atoms with Gasteiger partial charge in [0, 0.05) is 17.5 Å². The molecule has 0 aliphatic heterocycles. The van der Waals surface area contributed by atoms with E-state index in [2.05, 4.69) is 5.32 Å². The lowest BCUT2D eigenvalue weighted by molar-refractivity contribution is -0.116. The van der Waals surface area contributed by atoms with Crippen LogP contribution in [0.2, 0.25) is 10.0 Å². The third kappa shape index (κ3) is 4.16. The minimum atomic E-state index is -0.162. The SMILES string of the molecule is Cc1cc(Cl)c(NC(=O)CC(N)C(C)C)cc1Cl. The van der Waals surface area contributed by atoms with Gasteiger partial charge in [-0.15, -0.1) is 0 Å². The van der Waals surface area contributed by atoms with E-state index < -0.39 is 0 Å². The highest BCUT2D eigenvalue weighted by Crippen LogP contribution is 2.28. The fourth-order valence-electron chi connectivity index (χ4n) is 1.39. The molecule has 0 saturated heterocycles. The second kappa shape index (κ2) is 6.41. The lowest BCUT2D eigenvalue weighted by atomic mass is 10.0. The Kier molecular flexibility index (Phi) is 5.45. The molecule has 0 fully saturated rings. The first-order chi connectivity index (χ1) is 8.31. The topological polar surface area (TPSA) is 55.1 Å². The normalized spacial score (nSPS) is 12.6. The Balaban J connectivity index is 2.73. The first kappa shape index (κ1) is 15.3. The number of nitrogens with one attached hydrogen (secondary N) is 1. The van der Waals surface area contributed by atoms with E-state index in [-0.39, 0.29) is 24.3 Å². The number of carbonyl (C=O) groups excluding carboxylic acids is 1. The van der Waals surface area contributed by atoms with Crippen molar-refractivity contribution in [2.75, 3.05) is 5.32 Å². The second-order valence-electron chi connectivity index (χ2n) is 4.74. The smallest absolute Gasteiger partial charge is 0.225 e. The summed E-state index contributed by atoms with van der Waals surface area (Å²) in [5.41, 5.74) is 7.24. The van der Waals surface area contributed by atoms with Crippen molar-refractivity contribution in [1.29, 1.82) is 0 Å². The Bertz CT molecular complexity index is 447. The monoisotopic (exact) mass is 288 g/mol. The zero-order valence-corrected chi connectivity index (χ0v) is 12.3. The number of hydrogen-bond acceptors (Lipinski definition) is 2. The van der Waals surface area contributed by atoms with Gasteiger partial charge in [0.15, 0.2) is 0 Å². The van der Waals surface area contributed by atoms with Crippen molar-refractivity contribution in [3.8, 4) is 0 Å². The van der Waals surface area contributed by atoms with Crippen LogP contribution in [0.1, 0.15) is 25.8 Å². The maximum Gasteiger partial charge on any atom is 0.225 e. The Labute approximate surface area is 118 Å². The van der Waals surface area contributed by atoms with Gasteiger partial charge >= 0.3 is 0 Å². The number of nitrogens with two attached hydrogens (primary N) is 1. The molecule has 1 atom stereocenters. The molecule has 1 aromatic carbocycles. The number of rotatable bonds is 4. The first-order valence-corrected chi connectivity index (χ1v) is 6.58. The van der Waals surface area contributed by atoms with Crippen molar-refractivity contribution in [1.82, 2.24) is 0 Å². The Morgan fingerprint density at radius 2 is 1.94 bits per heavy atom. The maximum atomic E-state index is 11.8. The van der Waals surface area contributed by atoms with E-state index in [1.165, 1.54) is 0 Å². The Hall–Kier alpha value is -0.770. The van der Waals surface area contributed by atoms with E-state index in [0.717, 1.165) is 5.56 Å². The largest absolute Gasteiger partial charge is 0.327 e. The van der Waals surface area contributed by atoms with Crippen LogP contribution >= 0.6 is 23.2 Å². The van der Waals surface area contributed by atoms with Gasteiger partial charge in [-0.3, -0.25) is 4.79 Å².